The summed E-state index contributed by atoms with van der Waals surface area (Å²) in [7, 11) is 0. The summed E-state index contributed by atoms with van der Waals surface area (Å²) in [5.41, 5.74) is 7.96. The molecule has 3 heteroatoms. The topological polar surface area (TPSA) is 38.5 Å². The highest BCUT2D eigenvalue weighted by Crippen LogP contribution is 2.31. The zero-order valence-corrected chi connectivity index (χ0v) is 11.5. The van der Waals surface area contributed by atoms with Crippen molar-refractivity contribution in [1.82, 2.24) is 0 Å². The average molecular weight is 248 g/mol. The predicted octanol–water partition coefficient (Wildman–Crippen LogP) is 3.44. The van der Waals surface area contributed by atoms with Gasteiger partial charge in [-0.3, -0.25) is 0 Å². The van der Waals surface area contributed by atoms with E-state index in [-0.39, 0.29) is 0 Å². The van der Waals surface area contributed by atoms with Crippen LogP contribution >= 0.6 is 0 Å². The minimum absolute atomic E-state index is 0.672. The van der Waals surface area contributed by atoms with Crippen molar-refractivity contribution in [3.8, 4) is 5.75 Å². The van der Waals surface area contributed by atoms with Crippen molar-refractivity contribution in [2.45, 2.75) is 45.6 Å². The Kier molecular flexibility index (Phi) is 4.34. The van der Waals surface area contributed by atoms with E-state index >= 15 is 0 Å². The summed E-state index contributed by atoms with van der Waals surface area (Å²) >= 11 is 0. The van der Waals surface area contributed by atoms with Crippen molar-refractivity contribution in [1.29, 1.82) is 0 Å². The predicted molar refractivity (Wildman–Crippen MR) is 77.3 cm³/mol. The molecule has 3 nitrogen and oxygen atoms in total. The third-order valence-corrected chi connectivity index (χ3v) is 3.66. The number of hydrogen-bond donors (Lipinski definition) is 1. The standard InChI is InChI=1S/C15H24N2O/c1-3-17(13-7-5-6-8-13)14-9-12(16)10-15(11-14)18-4-2/h9-11,13H,3-8,16H2,1-2H3. The second kappa shape index (κ2) is 5.98. The fraction of sp³-hybridized carbons (Fsp3) is 0.600. The van der Waals surface area contributed by atoms with Crippen molar-refractivity contribution in [2.75, 3.05) is 23.8 Å². The van der Waals surface area contributed by atoms with Gasteiger partial charge in [0, 0.05) is 36.1 Å². The smallest absolute Gasteiger partial charge is 0.123 e. The van der Waals surface area contributed by atoms with E-state index < -0.39 is 0 Å². The zero-order valence-electron chi connectivity index (χ0n) is 11.5. The molecule has 18 heavy (non-hydrogen) atoms. The Bertz CT molecular complexity index is 386. The van der Waals surface area contributed by atoms with Crippen molar-refractivity contribution in [3.05, 3.63) is 18.2 Å². The first-order valence-corrected chi connectivity index (χ1v) is 7.04. The van der Waals surface area contributed by atoms with Gasteiger partial charge in [-0.15, -0.1) is 0 Å². The lowest BCUT2D eigenvalue weighted by atomic mass is 10.1. The molecule has 1 aliphatic rings. The fourth-order valence-electron chi connectivity index (χ4n) is 2.89. The molecule has 1 aromatic carbocycles. The number of benzene rings is 1. The van der Waals surface area contributed by atoms with Crippen LogP contribution in [0.4, 0.5) is 11.4 Å². The average Bonchev–Trinajstić information content (AvgIpc) is 2.83. The maximum Gasteiger partial charge on any atom is 0.123 e. The summed E-state index contributed by atoms with van der Waals surface area (Å²) in [6, 6.07) is 6.74. The summed E-state index contributed by atoms with van der Waals surface area (Å²) in [4.78, 5) is 2.46. The van der Waals surface area contributed by atoms with Crippen LogP contribution in [0, 0.1) is 0 Å². The van der Waals surface area contributed by atoms with Crippen LogP contribution in [0.3, 0.4) is 0 Å². The van der Waals surface area contributed by atoms with E-state index in [1.54, 1.807) is 0 Å². The SMILES string of the molecule is CCOc1cc(N)cc(N(CC)C2CCCC2)c1. The van der Waals surface area contributed by atoms with Crippen molar-refractivity contribution < 1.29 is 4.74 Å². The van der Waals surface area contributed by atoms with Crippen LogP contribution in [0.15, 0.2) is 18.2 Å². The van der Waals surface area contributed by atoms with E-state index in [9.17, 15) is 0 Å². The third-order valence-electron chi connectivity index (χ3n) is 3.66. The largest absolute Gasteiger partial charge is 0.494 e. The fourth-order valence-corrected chi connectivity index (χ4v) is 2.89. The molecule has 0 saturated heterocycles. The molecule has 0 radical (unpaired) electrons. The van der Waals surface area contributed by atoms with Crippen LogP contribution in [0.25, 0.3) is 0 Å². The lowest BCUT2D eigenvalue weighted by molar-refractivity contribution is 0.340. The Morgan fingerprint density at radius 2 is 1.94 bits per heavy atom. The van der Waals surface area contributed by atoms with Gasteiger partial charge in [0.05, 0.1) is 6.61 Å². The quantitative estimate of drug-likeness (QED) is 0.811. The van der Waals surface area contributed by atoms with E-state index in [2.05, 4.69) is 24.0 Å². The van der Waals surface area contributed by atoms with Crippen molar-refractivity contribution >= 4 is 11.4 Å². The molecule has 0 atom stereocenters. The minimum atomic E-state index is 0.672. The Labute approximate surface area is 110 Å². The van der Waals surface area contributed by atoms with Crippen LogP contribution in [-0.2, 0) is 0 Å². The molecule has 1 aromatic rings. The number of nitrogens with zero attached hydrogens (tertiary/aromatic N) is 1. The summed E-state index contributed by atoms with van der Waals surface area (Å²) in [6.07, 6.45) is 5.29. The third kappa shape index (κ3) is 2.89. The molecular formula is C15H24N2O. The Morgan fingerprint density at radius 1 is 1.22 bits per heavy atom. The monoisotopic (exact) mass is 248 g/mol. The zero-order chi connectivity index (χ0) is 13.0. The van der Waals surface area contributed by atoms with Gasteiger partial charge in [-0.2, -0.15) is 0 Å². The first-order chi connectivity index (χ1) is 8.74. The summed E-state index contributed by atoms with van der Waals surface area (Å²) in [5.74, 6) is 0.879. The molecule has 2 N–H and O–H groups in total. The lowest BCUT2D eigenvalue weighted by Gasteiger charge is -2.30. The van der Waals surface area contributed by atoms with Gasteiger partial charge in [-0.25, -0.2) is 0 Å². The van der Waals surface area contributed by atoms with Gasteiger partial charge in [0.2, 0.25) is 0 Å². The number of nitrogens with two attached hydrogens (primary N) is 1. The first-order valence-electron chi connectivity index (χ1n) is 7.04. The van der Waals surface area contributed by atoms with Gasteiger partial charge in [0.25, 0.3) is 0 Å². The number of hydrogen-bond acceptors (Lipinski definition) is 3. The van der Waals surface area contributed by atoms with Gasteiger partial charge in [0.1, 0.15) is 5.75 Å². The van der Waals surface area contributed by atoms with Crippen molar-refractivity contribution in [3.63, 3.8) is 0 Å². The highest BCUT2D eigenvalue weighted by Gasteiger charge is 2.22. The number of rotatable bonds is 5. The summed E-state index contributed by atoms with van der Waals surface area (Å²) < 4.78 is 5.58. The van der Waals surface area contributed by atoms with E-state index in [0.717, 1.165) is 18.0 Å². The molecule has 100 valence electrons. The Morgan fingerprint density at radius 3 is 2.56 bits per heavy atom. The molecule has 0 bridgehead atoms. The molecule has 0 unspecified atom stereocenters. The highest BCUT2D eigenvalue weighted by atomic mass is 16.5. The molecule has 1 aliphatic carbocycles. The first kappa shape index (κ1) is 13.1. The molecule has 1 fully saturated rings. The molecule has 0 aliphatic heterocycles. The van der Waals surface area contributed by atoms with E-state index in [1.807, 2.05) is 13.0 Å². The number of nitrogen functional groups attached to an aromatic ring is 1. The normalized spacial score (nSPS) is 15.9. The number of anilines is 2. The highest BCUT2D eigenvalue weighted by molar-refractivity contribution is 5.61. The molecule has 0 aromatic heterocycles. The molecule has 0 amide bonds. The molecule has 1 saturated carbocycles. The Balaban J connectivity index is 2.23. The maximum absolute atomic E-state index is 5.97. The minimum Gasteiger partial charge on any atom is -0.494 e. The number of ether oxygens (including phenoxy) is 1. The molecule has 2 rings (SSSR count). The van der Waals surface area contributed by atoms with E-state index in [4.69, 9.17) is 10.5 Å². The van der Waals surface area contributed by atoms with Gasteiger partial charge in [-0.1, -0.05) is 12.8 Å². The van der Waals surface area contributed by atoms with Crippen molar-refractivity contribution in [2.24, 2.45) is 0 Å². The lowest BCUT2D eigenvalue weighted by Crippen LogP contribution is -2.32. The second-order valence-electron chi connectivity index (χ2n) is 4.92. The van der Waals surface area contributed by atoms with Gasteiger partial charge in [-0.05, 0) is 32.8 Å². The van der Waals surface area contributed by atoms with Crippen LogP contribution in [-0.4, -0.2) is 19.2 Å². The van der Waals surface area contributed by atoms with Crippen LogP contribution < -0.4 is 15.4 Å². The summed E-state index contributed by atoms with van der Waals surface area (Å²) in [6.45, 7) is 5.91. The second-order valence-corrected chi connectivity index (χ2v) is 4.92. The maximum atomic E-state index is 5.97. The van der Waals surface area contributed by atoms with Gasteiger partial charge < -0.3 is 15.4 Å². The summed E-state index contributed by atoms with van der Waals surface area (Å²) in [5, 5.41) is 0. The van der Waals surface area contributed by atoms with Crippen LogP contribution in [0.2, 0.25) is 0 Å². The van der Waals surface area contributed by atoms with E-state index in [1.165, 1.54) is 31.4 Å². The van der Waals surface area contributed by atoms with Crippen LogP contribution in [0.1, 0.15) is 39.5 Å². The molecule has 0 heterocycles. The van der Waals surface area contributed by atoms with Gasteiger partial charge in [0.15, 0.2) is 0 Å². The van der Waals surface area contributed by atoms with E-state index in [0.29, 0.717) is 12.6 Å². The Hall–Kier alpha value is -1.38. The van der Waals surface area contributed by atoms with Gasteiger partial charge >= 0.3 is 0 Å². The van der Waals surface area contributed by atoms with Crippen LogP contribution in [0.5, 0.6) is 5.75 Å². The molecule has 0 spiro atoms. The molecular weight excluding hydrogens is 224 g/mol.